The summed E-state index contributed by atoms with van der Waals surface area (Å²) in [7, 11) is 1.83. The van der Waals surface area contributed by atoms with Gasteiger partial charge < -0.3 is 10.1 Å². The van der Waals surface area contributed by atoms with Crippen LogP contribution in [0.4, 0.5) is 4.39 Å². The molecule has 0 aliphatic carbocycles. The van der Waals surface area contributed by atoms with Crippen LogP contribution >= 0.6 is 0 Å². The molecule has 100 valence electrons. The van der Waals surface area contributed by atoms with Crippen molar-refractivity contribution in [2.45, 2.75) is 19.6 Å². The van der Waals surface area contributed by atoms with Crippen LogP contribution in [-0.2, 0) is 6.61 Å². The smallest absolute Gasteiger partial charge is 0.124 e. The molecule has 0 aliphatic heterocycles. The second-order valence-corrected chi connectivity index (χ2v) is 4.34. The Morgan fingerprint density at radius 1 is 1.37 bits per heavy atom. The fourth-order valence-corrected chi connectivity index (χ4v) is 1.79. The predicted octanol–water partition coefficient (Wildman–Crippen LogP) is 3.08. The number of hydrogen-bond acceptors (Lipinski definition) is 3. The van der Waals surface area contributed by atoms with Crippen LogP contribution in [0.3, 0.4) is 0 Å². The summed E-state index contributed by atoms with van der Waals surface area (Å²) in [4.78, 5) is 4.03. The highest BCUT2D eigenvalue weighted by Gasteiger charge is 2.11. The summed E-state index contributed by atoms with van der Waals surface area (Å²) >= 11 is 0. The van der Waals surface area contributed by atoms with Crippen molar-refractivity contribution in [2.75, 3.05) is 7.05 Å². The van der Waals surface area contributed by atoms with Crippen molar-refractivity contribution in [3.63, 3.8) is 0 Å². The standard InChI is InChI=1S/C15H17FN2O/c1-11(17-2)14-8-13(16)5-6-15(14)19-10-12-4-3-7-18-9-12/h3-9,11,17H,10H2,1-2H3. The maximum Gasteiger partial charge on any atom is 0.124 e. The second-order valence-electron chi connectivity index (χ2n) is 4.34. The van der Waals surface area contributed by atoms with Crippen LogP contribution in [0.25, 0.3) is 0 Å². The monoisotopic (exact) mass is 260 g/mol. The number of rotatable bonds is 5. The molecule has 0 saturated heterocycles. The van der Waals surface area contributed by atoms with Crippen LogP contribution in [0.15, 0.2) is 42.7 Å². The van der Waals surface area contributed by atoms with Crippen LogP contribution in [0.1, 0.15) is 24.1 Å². The van der Waals surface area contributed by atoms with Crippen molar-refractivity contribution in [2.24, 2.45) is 0 Å². The van der Waals surface area contributed by atoms with E-state index in [1.54, 1.807) is 18.5 Å². The van der Waals surface area contributed by atoms with Gasteiger partial charge in [0.1, 0.15) is 18.2 Å². The minimum atomic E-state index is -0.258. The summed E-state index contributed by atoms with van der Waals surface area (Å²) in [6.07, 6.45) is 3.47. The lowest BCUT2D eigenvalue weighted by atomic mass is 10.1. The molecule has 1 aromatic carbocycles. The summed E-state index contributed by atoms with van der Waals surface area (Å²) in [6, 6.07) is 8.40. The molecule has 1 heterocycles. The van der Waals surface area contributed by atoms with E-state index in [9.17, 15) is 4.39 Å². The maximum atomic E-state index is 13.3. The molecule has 1 N–H and O–H groups in total. The van der Waals surface area contributed by atoms with Gasteiger partial charge in [0.25, 0.3) is 0 Å². The van der Waals surface area contributed by atoms with Gasteiger partial charge in [0.2, 0.25) is 0 Å². The summed E-state index contributed by atoms with van der Waals surface area (Å²) in [6.45, 7) is 2.38. The molecule has 0 spiro atoms. The van der Waals surface area contributed by atoms with Crippen LogP contribution < -0.4 is 10.1 Å². The van der Waals surface area contributed by atoms with Gasteiger partial charge in [0.15, 0.2) is 0 Å². The van der Waals surface area contributed by atoms with Crippen molar-refractivity contribution in [1.29, 1.82) is 0 Å². The van der Waals surface area contributed by atoms with E-state index in [4.69, 9.17) is 4.74 Å². The first-order valence-corrected chi connectivity index (χ1v) is 6.19. The van der Waals surface area contributed by atoms with E-state index < -0.39 is 0 Å². The molecule has 3 nitrogen and oxygen atoms in total. The van der Waals surface area contributed by atoms with E-state index in [2.05, 4.69) is 10.3 Å². The fourth-order valence-electron chi connectivity index (χ4n) is 1.79. The molecule has 1 unspecified atom stereocenters. The van der Waals surface area contributed by atoms with E-state index in [-0.39, 0.29) is 11.9 Å². The largest absolute Gasteiger partial charge is 0.489 e. The Hall–Kier alpha value is -1.94. The van der Waals surface area contributed by atoms with Gasteiger partial charge in [0.05, 0.1) is 0 Å². The third-order valence-corrected chi connectivity index (χ3v) is 2.99. The van der Waals surface area contributed by atoms with Crippen molar-refractivity contribution >= 4 is 0 Å². The average Bonchev–Trinajstić information content (AvgIpc) is 2.46. The predicted molar refractivity (Wildman–Crippen MR) is 72.4 cm³/mol. The zero-order chi connectivity index (χ0) is 13.7. The lowest BCUT2D eigenvalue weighted by molar-refractivity contribution is 0.299. The summed E-state index contributed by atoms with van der Waals surface area (Å²) in [5.41, 5.74) is 1.79. The molecule has 2 aromatic rings. The highest BCUT2D eigenvalue weighted by molar-refractivity contribution is 5.36. The molecule has 0 bridgehead atoms. The van der Waals surface area contributed by atoms with Gasteiger partial charge in [-0.25, -0.2) is 4.39 Å². The third kappa shape index (κ3) is 3.51. The molecule has 1 atom stereocenters. The van der Waals surface area contributed by atoms with E-state index in [1.165, 1.54) is 12.1 Å². The average molecular weight is 260 g/mol. The Labute approximate surface area is 112 Å². The topological polar surface area (TPSA) is 34.1 Å². The third-order valence-electron chi connectivity index (χ3n) is 2.99. The quantitative estimate of drug-likeness (QED) is 0.897. The number of aromatic nitrogens is 1. The lowest BCUT2D eigenvalue weighted by Gasteiger charge is -2.16. The highest BCUT2D eigenvalue weighted by Crippen LogP contribution is 2.26. The maximum absolute atomic E-state index is 13.3. The number of nitrogens with one attached hydrogen (secondary N) is 1. The van der Waals surface area contributed by atoms with Crippen LogP contribution in [0.5, 0.6) is 5.75 Å². The van der Waals surface area contributed by atoms with Crippen molar-refractivity contribution in [3.05, 3.63) is 59.7 Å². The van der Waals surface area contributed by atoms with Gasteiger partial charge in [-0.3, -0.25) is 4.98 Å². The summed E-state index contributed by atoms with van der Waals surface area (Å²) in [5, 5.41) is 3.09. The zero-order valence-electron chi connectivity index (χ0n) is 11.1. The molecule has 0 amide bonds. The van der Waals surface area contributed by atoms with Crippen LogP contribution in [0, 0.1) is 5.82 Å². The Bertz CT molecular complexity index is 531. The molecular weight excluding hydrogens is 243 g/mol. The second kappa shape index (κ2) is 6.29. The van der Waals surface area contributed by atoms with Gasteiger partial charge in [-0.15, -0.1) is 0 Å². The molecule has 19 heavy (non-hydrogen) atoms. The minimum Gasteiger partial charge on any atom is -0.489 e. The first-order valence-electron chi connectivity index (χ1n) is 6.19. The minimum absolute atomic E-state index is 0.0274. The first kappa shape index (κ1) is 13.5. The van der Waals surface area contributed by atoms with Crippen LogP contribution in [-0.4, -0.2) is 12.0 Å². The number of ether oxygens (including phenoxy) is 1. The van der Waals surface area contributed by atoms with Crippen LogP contribution in [0.2, 0.25) is 0 Å². The van der Waals surface area contributed by atoms with E-state index in [0.29, 0.717) is 12.4 Å². The molecular formula is C15H17FN2O. The van der Waals surface area contributed by atoms with Gasteiger partial charge >= 0.3 is 0 Å². The molecule has 0 fully saturated rings. The van der Waals surface area contributed by atoms with Gasteiger partial charge in [-0.2, -0.15) is 0 Å². The van der Waals surface area contributed by atoms with E-state index >= 15 is 0 Å². The Balaban J connectivity index is 2.15. The number of nitrogens with zero attached hydrogens (tertiary/aromatic N) is 1. The Morgan fingerprint density at radius 3 is 2.89 bits per heavy atom. The SMILES string of the molecule is CNC(C)c1cc(F)ccc1OCc1cccnc1. The molecule has 0 radical (unpaired) electrons. The van der Waals surface area contributed by atoms with Gasteiger partial charge in [-0.1, -0.05) is 6.07 Å². The molecule has 1 aromatic heterocycles. The van der Waals surface area contributed by atoms with E-state index in [1.807, 2.05) is 26.1 Å². The fraction of sp³-hybridized carbons (Fsp3) is 0.267. The lowest BCUT2D eigenvalue weighted by Crippen LogP contribution is -2.14. The number of pyridine rings is 1. The summed E-state index contributed by atoms with van der Waals surface area (Å²) < 4.78 is 19.1. The first-order chi connectivity index (χ1) is 9.20. The highest BCUT2D eigenvalue weighted by atomic mass is 19.1. The Kier molecular flexibility index (Phi) is 4.47. The number of hydrogen-bond donors (Lipinski definition) is 1. The molecule has 0 saturated carbocycles. The zero-order valence-corrected chi connectivity index (χ0v) is 11.1. The Morgan fingerprint density at radius 2 is 2.21 bits per heavy atom. The van der Waals surface area contributed by atoms with Gasteiger partial charge in [0, 0.05) is 29.6 Å². The normalized spacial score (nSPS) is 12.2. The van der Waals surface area contributed by atoms with Crippen molar-refractivity contribution < 1.29 is 9.13 Å². The van der Waals surface area contributed by atoms with Crippen molar-refractivity contribution in [3.8, 4) is 5.75 Å². The number of halogens is 1. The van der Waals surface area contributed by atoms with Gasteiger partial charge in [-0.05, 0) is 38.2 Å². The molecule has 2 rings (SSSR count). The number of benzene rings is 1. The van der Waals surface area contributed by atoms with E-state index in [0.717, 1.165) is 11.1 Å². The molecule has 4 heteroatoms. The molecule has 0 aliphatic rings. The summed E-state index contributed by atoms with van der Waals surface area (Å²) in [5.74, 6) is 0.429. The van der Waals surface area contributed by atoms with Crippen molar-refractivity contribution in [1.82, 2.24) is 10.3 Å².